The van der Waals surface area contributed by atoms with Gasteiger partial charge in [0.05, 0.1) is 0 Å². The van der Waals surface area contributed by atoms with Gasteiger partial charge in [-0.25, -0.2) is 4.79 Å². The molecule has 0 aliphatic heterocycles. The van der Waals surface area contributed by atoms with Crippen molar-refractivity contribution in [2.24, 2.45) is 0 Å². The van der Waals surface area contributed by atoms with Gasteiger partial charge in [-0.1, -0.05) is 24.1 Å². The number of aromatic hydroxyl groups is 1. The molecule has 0 radical (unpaired) electrons. The van der Waals surface area contributed by atoms with Crippen LogP contribution in [0.3, 0.4) is 0 Å². The van der Waals surface area contributed by atoms with E-state index in [-0.39, 0.29) is 17.0 Å². The third kappa shape index (κ3) is 3.85. The fraction of sp³-hybridized carbons (Fsp3) is 0. The Labute approximate surface area is 120 Å². The number of amides is 1. The van der Waals surface area contributed by atoms with Crippen molar-refractivity contribution in [2.45, 2.75) is 0 Å². The van der Waals surface area contributed by atoms with Crippen LogP contribution in [0.15, 0.2) is 48.5 Å². The first-order chi connectivity index (χ1) is 10.1. The standard InChI is InChI=1S/C16H11NO4/c18-14-8-7-12(10-13(14)16(20)21)17-15(19)9-6-11-4-2-1-3-5-11/h1-5,7-8,10,18H,(H,17,19)(H,20,21). The normalized spacial score (nSPS) is 9.33. The molecule has 0 atom stereocenters. The van der Waals surface area contributed by atoms with Crippen LogP contribution in [0, 0.1) is 11.8 Å². The van der Waals surface area contributed by atoms with Crippen LogP contribution in [-0.4, -0.2) is 22.1 Å². The van der Waals surface area contributed by atoms with E-state index in [2.05, 4.69) is 17.2 Å². The first-order valence-corrected chi connectivity index (χ1v) is 6.00. The summed E-state index contributed by atoms with van der Waals surface area (Å²) in [7, 11) is 0. The maximum Gasteiger partial charge on any atom is 0.339 e. The van der Waals surface area contributed by atoms with Gasteiger partial charge in [0.15, 0.2) is 0 Å². The second-order valence-corrected chi connectivity index (χ2v) is 4.11. The molecule has 0 saturated carbocycles. The molecule has 0 aromatic heterocycles. The molecule has 2 aromatic rings. The minimum Gasteiger partial charge on any atom is -0.507 e. The summed E-state index contributed by atoms with van der Waals surface area (Å²) in [5.41, 5.74) is 0.658. The van der Waals surface area contributed by atoms with E-state index in [1.54, 1.807) is 24.3 Å². The average Bonchev–Trinajstić information content (AvgIpc) is 2.48. The Morgan fingerprint density at radius 1 is 1.05 bits per heavy atom. The minimum atomic E-state index is -1.28. The number of carbonyl (C=O) groups is 2. The van der Waals surface area contributed by atoms with Gasteiger partial charge < -0.3 is 15.5 Å². The van der Waals surface area contributed by atoms with E-state index in [0.29, 0.717) is 5.56 Å². The molecule has 104 valence electrons. The van der Waals surface area contributed by atoms with Crippen LogP contribution < -0.4 is 5.32 Å². The van der Waals surface area contributed by atoms with Gasteiger partial charge in [-0.3, -0.25) is 4.79 Å². The Kier molecular flexibility index (Phi) is 4.22. The number of anilines is 1. The molecule has 2 aromatic carbocycles. The van der Waals surface area contributed by atoms with Gasteiger partial charge in [-0.2, -0.15) is 0 Å². The Morgan fingerprint density at radius 3 is 2.43 bits per heavy atom. The molecule has 0 bridgehead atoms. The number of benzene rings is 2. The Hall–Kier alpha value is -3.26. The van der Waals surface area contributed by atoms with Gasteiger partial charge >= 0.3 is 11.9 Å². The largest absolute Gasteiger partial charge is 0.507 e. The van der Waals surface area contributed by atoms with Gasteiger partial charge in [0.1, 0.15) is 11.3 Å². The topological polar surface area (TPSA) is 86.6 Å². The number of rotatable bonds is 2. The van der Waals surface area contributed by atoms with Gasteiger partial charge in [-0.15, -0.1) is 0 Å². The summed E-state index contributed by atoms with van der Waals surface area (Å²) in [5.74, 6) is 2.87. The number of phenols is 1. The molecule has 5 heteroatoms. The molecule has 0 spiro atoms. The lowest BCUT2D eigenvalue weighted by Gasteiger charge is -2.04. The summed E-state index contributed by atoms with van der Waals surface area (Å²) in [6, 6.07) is 12.7. The van der Waals surface area contributed by atoms with Crippen molar-refractivity contribution in [3.05, 3.63) is 59.7 Å². The maximum absolute atomic E-state index is 11.7. The summed E-state index contributed by atoms with van der Waals surface area (Å²) in [5, 5.41) is 20.7. The lowest BCUT2D eigenvalue weighted by molar-refractivity contribution is -0.111. The molecule has 0 saturated heterocycles. The SMILES string of the molecule is O=C(C#Cc1ccccc1)Nc1ccc(O)c(C(=O)O)c1. The van der Waals surface area contributed by atoms with Gasteiger partial charge in [-0.05, 0) is 30.3 Å². The molecule has 0 fully saturated rings. The second kappa shape index (κ2) is 6.26. The van der Waals surface area contributed by atoms with Crippen LogP contribution >= 0.6 is 0 Å². The molecule has 0 aliphatic rings. The van der Waals surface area contributed by atoms with E-state index in [1.807, 2.05) is 6.07 Å². The molecule has 21 heavy (non-hydrogen) atoms. The molecule has 0 heterocycles. The number of carbonyl (C=O) groups excluding carboxylic acids is 1. The van der Waals surface area contributed by atoms with Crippen molar-refractivity contribution in [2.75, 3.05) is 5.32 Å². The zero-order valence-electron chi connectivity index (χ0n) is 10.8. The molecular formula is C16H11NO4. The van der Waals surface area contributed by atoms with Gasteiger partial charge in [0.25, 0.3) is 0 Å². The Morgan fingerprint density at radius 2 is 1.76 bits per heavy atom. The smallest absolute Gasteiger partial charge is 0.339 e. The summed E-state index contributed by atoms with van der Waals surface area (Å²) in [6.07, 6.45) is 0. The van der Waals surface area contributed by atoms with Crippen LogP contribution in [0.1, 0.15) is 15.9 Å². The monoisotopic (exact) mass is 281 g/mol. The first-order valence-electron chi connectivity index (χ1n) is 6.00. The zero-order valence-corrected chi connectivity index (χ0v) is 10.8. The molecule has 0 unspecified atom stereocenters. The number of hydrogen-bond donors (Lipinski definition) is 3. The van der Waals surface area contributed by atoms with Gasteiger partial charge in [0.2, 0.25) is 0 Å². The minimum absolute atomic E-state index is 0.248. The summed E-state index contributed by atoms with van der Waals surface area (Å²) < 4.78 is 0. The highest BCUT2D eigenvalue weighted by Gasteiger charge is 2.10. The molecule has 5 nitrogen and oxygen atoms in total. The number of carboxylic acid groups (broad SMARTS) is 1. The molecule has 2 rings (SSSR count). The van der Waals surface area contributed by atoms with Crippen molar-refractivity contribution < 1.29 is 19.8 Å². The van der Waals surface area contributed by atoms with Crippen LogP contribution in [0.2, 0.25) is 0 Å². The highest BCUT2D eigenvalue weighted by molar-refractivity contribution is 6.05. The van der Waals surface area contributed by atoms with Crippen molar-refractivity contribution in [1.29, 1.82) is 0 Å². The third-order valence-electron chi connectivity index (χ3n) is 2.58. The highest BCUT2D eigenvalue weighted by Crippen LogP contribution is 2.21. The van der Waals surface area contributed by atoms with Crippen molar-refractivity contribution in [1.82, 2.24) is 0 Å². The Bertz CT molecular complexity index is 742. The van der Waals surface area contributed by atoms with E-state index in [0.717, 1.165) is 0 Å². The highest BCUT2D eigenvalue weighted by atomic mass is 16.4. The number of aromatic carboxylic acids is 1. The zero-order chi connectivity index (χ0) is 15.2. The van der Waals surface area contributed by atoms with Crippen LogP contribution in [0.4, 0.5) is 5.69 Å². The van der Waals surface area contributed by atoms with E-state index in [1.165, 1.54) is 18.2 Å². The van der Waals surface area contributed by atoms with Crippen LogP contribution in [0.5, 0.6) is 5.75 Å². The lowest BCUT2D eigenvalue weighted by Crippen LogP contribution is -2.09. The molecule has 1 amide bonds. The van der Waals surface area contributed by atoms with E-state index in [9.17, 15) is 14.7 Å². The predicted molar refractivity (Wildman–Crippen MR) is 77.0 cm³/mol. The maximum atomic E-state index is 11.7. The predicted octanol–water partition coefficient (Wildman–Crippen LogP) is 2.08. The first kappa shape index (κ1) is 14.2. The quantitative estimate of drug-likeness (QED) is 0.581. The van der Waals surface area contributed by atoms with Crippen molar-refractivity contribution in [3.63, 3.8) is 0 Å². The van der Waals surface area contributed by atoms with Crippen molar-refractivity contribution >= 4 is 17.6 Å². The summed E-state index contributed by atoms with van der Waals surface area (Å²) in [6.45, 7) is 0. The fourth-order valence-electron chi connectivity index (χ4n) is 1.60. The summed E-state index contributed by atoms with van der Waals surface area (Å²) >= 11 is 0. The van der Waals surface area contributed by atoms with E-state index in [4.69, 9.17) is 5.11 Å². The van der Waals surface area contributed by atoms with Gasteiger partial charge in [0, 0.05) is 17.2 Å². The number of nitrogens with one attached hydrogen (secondary N) is 1. The van der Waals surface area contributed by atoms with Crippen LogP contribution in [0.25, 0.3) is 0 Å². The van der Waals surface area contributed by atoms with Crippen LogP contribution in [-0.2, 0) is 4.79 Å². The molecule has 3 N–H and O–H groups in total. The third-order valence-corrected chi connectivity index (χ3v) is 2.58. The van der Waals surface area contributed by atoms with Crippen molar-refractivity contribution in [3.8, 4) is 17.6 Å². The average molecular weight is 281 g/mol. The number of carboxylic acids is 1. The second-order valence-electron chi connectivity index (χ2n) is 4.11. The number of hydrogen-bond acceptors (Lipinski definition) is 3. The lowest BCUT2D eigenvalue weighted by atomic mass is 10.2. The Balaban J connectivity index is 2.12. The molecule has 0 aliphatic carbocycles. The fourth-order valence-corrected chi connectivity index (χ4v) is 1.60. The van der Waals surface area contributed by atoms with E-state index < -0.39 is 11.9 Å². The van der Waals surface area contributed by atoms with E-state index >= 15 is 0 Å². The summed E-state index contributed by atoms with van der Waals surface area (Å²) in [4.78, 5) is 22.5. The molecular weight excluding hydrogens is 270 g/mol.